The number of carbonyl (C=O) groups is 1. The van der Waals surface area contributed by atoms with Gasteiger partial charge in [-0.25, -0.2) is 4.79 Å². The molecule has 0 unspecified atom stereocenters. The van der Waals surface area contributed by atoms with Gasteiger partial charge in [0.15, 0.2) is 0 Å². The predicted octanol–water partition coefficient (Wildman–Crippen LogP) is 3.17. The fourth-order valence-corrected chi connectivity index (χ4v) is 2.12. The van der Waals surface area contributed by atoms with Gasteiger partial charge in [0.1, 0.15) is 6.61 Å². The van der Waals surface area contributed by atoms with Crippen molar-refractivity contribution in [2.45, 2.75) is 33.7 Å². The van der Waals surface area contributed by atoms with Crippen LogP contribution in [-0.2, 0) is 11.3 Å². The number of nitrogens with one attached hydrogen (secondary N) is 1. The summed E-state index contributed by atoms with van der Waals surface area (Å²) in [6.07, 6.45) is 0.908. The molecule has 4 heteroatoms. The second kappa shape index (κ2) is 6.27. The molecule has 2 rings (SSSR count). The molecule has 4 nitrogen and oxygen atoms in total. The maximum atomic E-state index is 11.5. The average molecular weight is 276 g/mol. The van der Waals surface area contributed by atoms with E-state index >= 15 is 0 Å². The highest BCUT2D eigenvalue weighted by molar-refractivity contribution is 5.89. The molecule has 20 heavy (non-hydrogen) atoms. The van der Waals surface area contributed by atoms with Gasteiger partial charge < -0.3 is 10.1 Å². The molecular formula is C16H24N2O2. The van der Waals surface area contributed by atoms with Crippen molar-refractivity contribution in [2.24, 2.45) is 5.41 Å². The summed E-state index contributed by atoms with van der Waals surface area (Å²) in [6, 6.07) is 8.08. The number of cyclic esters (lactones) is 1. The van der Waals surface area contributed by atoms with E-state index in [1.54, 1.807) is 4.90 Å². The molecule has 1 aliphatic rings. The van der Waals surface area contributed by atoms with E-state index in [-0.39, 0.29) is 6.09 Å². The van der Waals surface area contributed by atoms with Crippen LogP contribution in [0.4, 0.5) is 10.5 Å². The van der Waals surface area contributed by atoms with Crippen molar-refractivity contribution in [3.8, 4) is 0 Å². The van der Waals surface area contributed by atoms with Gasteiger partial charge in [0, 0.05) is 12.2 Å². The normalized spacial score (nSPS) is 15.6. The summed E-state index contributed by atoms with van der Waals surface area (Å²) in [5.41, 5.74) is 2.51. The molecular weight excluding hydrogens is 252 g/mol. The SMILES string of the molecule is CC(C)(C)CCNCc1ccc(N2CCOC2=O)cc1. The Morgan fingerprint density at radius 1 is 1.25 bits per heavy atom. The molecule has 1 aliphatic heterocycles. The minimum Gasteiger partial charge on any atom is -0.447 e. The summed E-state index contributed by atoms with van der Waals surface area (Å²) in [5.74, 6) is 0. The van der Waals surface area contributed by atoms with Gasteiger partial charge in [-0.15, -0.1) is 0 Å². The molecule has 0 atom stereocenters. The summed E-state index contributed by atoms with van der Waals surface area (Å²) in [5, 5.41) is 3.45. The number of amides is 1. The lowest BCUT2D eigenvalue weighted by atomic mass is 9.92. The van der Waals surface area contributed by atoms with Crippen LogP contribution in [0.1, 0.15) is 32.8 Å². The number of anilines is 1. The molecule has 110 valence electrons. The zero-order valence-corrected chi connectivity index (χ0v) is 12.6. The minimum atomic E-state index is -0.249. The highest BCUT2D eigenvalue weighted by Crippen LogP contribution is 2.19. The largest absolute Gasteiger partial charge is 0.447 e. The first-order chi connectivity index (χ1) is 9.46. The maximum Gasteiger partial charge on any atom is 0.414 e. The van der Waals surface area contributed by atoms with Crippen LogP contribution in [0.5, 0.6) is 0 Å². The minimum absolute atomic E-state index is 0.249. The molecule has 1 fully saturated rings. The van der Waals surface area contributed by atoms with Crippen LogP contribution >= 0.6 is 0 Å². The molecule has 0 spiro atoms. The van der Waals surface area contributed by atoms with Crippen molar-refractivity contribution in [2.75, 3.05) is 24.6 Å². The van der Waals surface area contributed by atoms with E-state index in [9.17, 15) is 4.79 Å². The first kappa shape index (κ1) is 14.9. The Labute approximate surface area is 121 Å². The van der Waals surface area contributed by atoms with Crippen LogP contribution < -0.4 is 10.2 Å². The van der Waals surface area contributed by atoms with Crippen LogP contribution in [0, 0.1) is 5.41 Å². The van der Waals surface area contributed by atoms with Gasteiger partial charge in [0.2, 0.25) is 0 Å². The molecule has 1 amide bonds. The number of rotatable bonds is 5. The Morgan fingerprint density at radius 2 is 1.95 bits per heavy atom. The van der Waals surface area contributed by atoms with E-state index < -0.39 is 0 Å². The summed E-state index contributed by atoms with van der Waals surface area (Å²) in [4.78, 5) is 13.1. The number of ether oxygens (including phenoxy) is 1. The lowest BCUT2D eigenvalue weighted by Crippen LogP contribution is -2.23. The van der Waals surface area contributed by atoms with Gasteiger partial charge >= 0.3 is 6.09 Å². The van der Waals surface area contributed by atoms with Crippen LogP contribution in [-0.4, -0.2) is 25.8 Å². The Hall–Kier alpha value is -1.55. The summed E-state index contributed by atoms with van der Waals surface area (Å²) in [7, 11) is 0. The van der Waals surface area contributed by atoms with E-state index in [1.807, 2.05) is 12.1 Å². The highest BCUT2D eigenvalue weighted by atomic mass is 16.6. The smallest absolute Gasteiger partial charge is 0.414 e. The number of carbonyl (C=O) groups excluding carboxylic acids is 1. The van der Waals surface area contributed by atoms with Crippen molar-refractivity contribution in [3.05, 3.63) is 29.8 Å². The van der Waals surface area contributed by atoms with Gasteiger partial charge in [0.05, 0.1) is 6.54 Å². The average Bonchev–Trinajstić information content (AvgIpc) is 2.81. The van der Waals surface area contributed by atoms with Gasteiger partial charge in [-0.3, -0.25) is 4.90 Å². The summed E-state index contributed by atoms with van der Waals surface area (Å²) < 4.78 is 4.94. The summed E-state index contributed by atoms with van der Waals surface area (Å²) in [6.45, 7) is 9.75. The lowest BCUT2D eigenvalue weighted by Gasteiger charge is -2.18. The molecule has 0 saturated carbocycles. The van der Waals surface area contributed by atoms with Crippen molar-refractivity contribution in [1.29, 1.82) is 0 Å². The fraction of sp³-hybridized carbons (Fsp3) is 0.562. The molecule has 1 saturated heterocycles. The van der Waals surface area contributed by atoms with E-state index in [0.29, 0.717) is 18.6 Å². The quantitative estimate of drug-likeness (QED) is 0.840. The van der Waals surface area contributed by atoms with E-state index in [4.69, 9.17) is 4.74 Å². The lowest BCUT2D eigenvalue weighted by molar-refractivity contribution is 0.181. The monoisotopic (exact) mass is 276 g/mol. The Kier molecular flexibility index (Phi) is 4.65. The van der Waals surface area contributed by atoms with E-state index in [0.717, 1.165) is 25.2 Å². The third-order valence-corrected chi connectivity index (χ3v) is 3.39. The van der Waals surface area contributed by atoms with Gasteiger partial charge in [-0.05, 0) is 36.1 Å². The number of hydrogen-bond acceptors (Lipinski definition) is 3. The zero-order chi connectivity index (χ0) is 14.6. The second-order valence-corrected chi connectivity index (χ2v) is 6.42. The molecule has 1 heterocycles. The first-order valence-corrected chi connectivity index (χ1v) is 7.20. The van der Waals surface area contributed by atoms with Gasteiger partial charge in [0.25, 0.3) is 0 Å². The van der Waals surface area contributed by atoms with Gasteiger partial charge in [-0.1, -0.05) is 32.9 Å². The zero-order valence-electron chi connectivity index (χ0n) is 12.6. The first-order valence-electron chi connectivity index (χ1n) is 7.20. The molecule has 1 aromatic rings. The third-order valence-electron chi connectivity index (χ3n) is 3.39. The second-order valence-electron chi connectivity index (χ2n) is 6.42. The van der Waals surface area contributed by atoms with Crippen molar-refractivity contribution < 1.29 is 9.53 Å². The molecule has 0 aliphatic carbocycles. The van der Waals surface area contributed by atoms with E-state index in [2.05, 4.69) is 38.2 Å². The van der Waals surface area contributed by atoms with Gasteiger partial charge in [-0.2, -0.15) is 0 Å². The van der Waals surface area contributed by atoms with Crippen LogP contribution in [0.25, 0.3) is 0 Å². The number of benzene rings is 1. The Balaban J connectivity index is 1.81. The van der Waals surface area contributed by atoms with Crippen LogP contribution in [0.3, 0.4) is 0 Å². The topological polar surface area (TPSA) is 41.6 Å². The Bertz CT molecular complexity index is 449. The third kappa shape index (κ3) is 4.23. The maximum absolute atomic E-state index is 11.5. The van der Waals surface area contributed by atoms with Crippen LogP contribution in [0.2, 0.25) is 0 Å². The molecule has 0 radical (unpaired) electrons. The highest BCUT2D eigenvalue weighted by Gasteiger charge is 2.23. The molecule has 0 aromatic heterocycles. The van der Waals surface area contributed by atoms with Crippen LogP contribution in [0.15, 0.2) is 24.3 Å². The summed E-state index contributed by atoms with van der Waals surface area (Å²) >= 11 is 0. The number of hydrogen-bond donors (Lipinski definition) is 1. The van der Waals surface area contributed by atoms with E-state index in [1.165, 1.54) is 5.56 Å². The molecule has 1 N–H and O–H groups in total. The number of nitrogens with zero attached hydrogens (tertiary/aromatic N) is 1. The fourth-order valence-electron chi connectivity index (χ4n) is 2.12. The van der Waals surface area contributed by atoms with Crippen molar-refractivity contribution in [1.82, 2.24) is 5.32 Å². The molecule has 0 bridgehead atoms. The molecule has 1 aromatic carbocycles. The predicted molar refractivity (Wildman–Crippen MR) is 80.9 cm³/mol. The standard InChI is InChI=1S/C16H24N2O2/c1-16(2,3)8-9-17-12-13-4-6-14(7-5-13)18-10-11-20-15(18)19/h4-7,17H,8-12H2,1-3H3. The van der Waals surface area contributed by atoms with Crippen molar-refractivity contribution >= 4 is 11.8 Å². The van der Waals surface area contributed by atoms with Crippen molar-refractivity contribution in [3.63, 3.8) is 0 Å². The Morgan fingerprint density at radius 3 is 2.50 bits per heavy atom.